The number of benzene rings is 2. The van der Waals surface area contributed by atoms with Crippen molar-refractivity contribution in [3.8, 4) is 22.5 Å². The molecule has 106 valence electrons. The van der Waals surface area contributed by atoms with E-state index in [2.05, 4.69) is 0 Å². The Morgan fingerprint density at radius 1 is 0.905 bits per heavy atom. The number of nitrogens with zero attached hydrogens (tertiary/aromatic N) is 2. The minimum atomic E-state index is -0.0112. The molecule has 0 atom stereocenters. The van der Waals surface area contributed by atoms with Crippen LogP contribution in [0.2, 0.25) is 0 Å². The van der Waals surface area contributed by atoms with Crippen LogP contribution in [0.15, 0.2) is 67.0 Å². The van der Waals surface area contributed by atoms with E-state index in [0.717, 1.165) is 21.6 Å². The molecule has 0 unspecified atom stereocenters. The topological polar surface area (TPSA) is 52.1 Å². The fourth-order valence-electron chi connectivity index (χ4n) is 2.52. The van der Waals surface area contributed by atoms with E-state index in [0.29, 0.717) is 12.2 Å². The van der Waals surface area contributed by atoms with Gasteiger partial charge in [-0.2, -0.15) is 0 Å². The molecule has 2 aromatic carbocycles. The first-order valence-electron chi connectivity index (χ1n) is 6.85. The van der Waals surface area contributed by atoms with Gasteiger partial charge in [0.15, 0.2) is 11.4 Å². The normalized spacial score (nSPS) is 10.7. The standard InChI is InChI=1S/C17H16N2O2/c20-12-11-18-13-19(21)17(15-9-5-2-6-10-15)16(18)14-7-3-1-4-8-14/h1-10,13,20H,11-12H2. The quantitative estimate of drug-likeness (QED) is 0.589. The molecule has 0 radical (unpaired) electrons. The van der Waals surface area contributed by atoms with E-state index in [1.165, 1.54) is 6.33 Å². The van der Waals surface area contributed by atoms with Crippen LogP contribution in [0.4, 0.5) is 0 Å². The van der Waals surface area contributed by atoms with Gasteiger partial charge in [-0.25, -0.2) is 9.30 Å². The number of aliphatic hydroxyl groups excluding tert-OH is 1. The van der Waals surface area contributed by atoms with Gasteiger partial charge >= 0.3 is 0 Å². The molecule has 0 saturated heterocycles. The van der Waals surface area contributed by atoms with Crippen LogP contribution < -0.4 is 4.73 Å². The lowest BCUT2D eigenvalue weighted by atomic mass is 10.0. The summed E-state index contributed by atoms with van der Waals surface area (Å²) in [6.07, 6.45) is 1.49. The van der Waals surface area contributed by atoms with Gasteiger partial charge in [-0.3, -0.25) is 0 Å². The van der Waals surface area contributed by atoms with Crippen molar-refractivity contribution in [2.75, 3.05) is 6.61 Å². The molecule has 1 aromatic heterocycles. The number of hydrogen-bond acceptors (Lipinski definition) is 2. The molecule has 3 rings (SSSR count). The van der Waals surface area contributed by atoms with Crippen molar-refractivity contribution in [3.63, 3.8) is 0 Å². The monoisotopic (exact) mass is 280 g/mol. The molecule has 0 fully saturated rings. The highest BCUT2D eigenvalue weighted by Crippen LogP contribution is 2.29. The van der Waals surface area contributed by atoms with Crippen LogP contribution >= 0.6 is 0 Å². The Morgan fingerprint density at radius 3 is 2.05 bits per heavy atom. The van der Waals surface area contributed by atoms with Crippen LogP contribution in [-0.4, -0.2) is 16.3 Å². The average molecular weight is 280 g/mol. The minimum absolute atomic E-state index is 0.0112. The summed E-state index contributed by atoms with van der Waals surface area (Å²) in [6.45, 7) is 0.377. The lowest BCUT2D eigenvalue weighted by molar-refractivity contribution is -0.593. The SMILES string of the molecule is [O-][n+]1cn(CCO)c(-c2ccccc2)c1-c1ccccc1. The second-order valence-electron chi connectivity index (χ2n) is 4.79. The number of imidazole rings is 1. The van der Waals surface area contributed by atoms with Crippen molar-refractivity contribution < 1.29 is 9.84 Å². The van der Waals surface area contributed by atoms with Gasteiger partial charge in [0.25, 0.3) is 0 Å². The summed E-state index contributed by atoms with van der Waals surface area (Å²) in [5.41, 5.74) is 3.25. The number of aliphatic hydroxyl groups is 1. The predicted molar refractivity (Wildman–Crippen MR) is 81.3 cm³/mol. The molecule has 0 aliphatic heterocycles. The molecule has 0 spiro atoms. The third-order valence-corrected chi connectivity index (χ3v) is 3.41. The first-order chi connectivity index (χ1) is 10.3. The van der Waals surface area contributed by atoms with Crippen molar-refractivity contribution in [1.82, 2.24) is 4.57 Å². The zero-order valence-electron chi connectivity index (χ0n) is 11.5. The Kier molecular flexibility index (Phi) is 3.71. The van der Waals surface area contributed by atoms with Crippen LogP contribution in [-0.2, 0) is 6.54 Å². The van der Waals surface area contributed by atoms with E-state index in [1.54, 1.807) is 4.57 Å². The van der Waals surface area contributed by atoms with Crippen LogP contribution in [0.1, 0.15) is 0 Å². The minimum Gasteiger partial charge on any atom is -0.710 e. The molecule has 4 heteroatoms. The average Bonchev–Trinajstić information content (AvgIpc) is 2.86. The van der Waals surface area contributed by atoms with Crippen molar-refractivity contribution >= 4 is 0 Å². The molecule has 0 aliphatic carbocycles. The lowest BCUT2D eigenvalue weighted by Crippen LogP contribution is -2.25. The Hall–Kier alpha value is -2.59. The molecule has 1 heterocycles. The molecule has 3 aromatic rings. The third-order valence-electron chi connectivity index (χ3n) is 3.41. The highest BCUT2D eigenvalue weighted by molar-refractivity contribution is 5.76. The second-order valence-corrected chi connectivity index (χ2v) is 4.79. The zero-order chi connectivity index (χ0) is 14.7. The highest BCUT2D eigenvalue weighted by Gasteiger charge is 2.22. The zero-order valence-corrected chi connectivity index (χ0v) is 11.5. The Morgan fingerprint density at radius 2 is 1.48 bits per heavy atom. The first-order valence-corrected chi connectivity index (χ1v) is 6.85. The van der Waals surface area contributed by atoms with Gasteiger partial charge in [0.1, 0.15) is 6.54 Å². The molecular weight excluding hydrogens is 264 g/mol. The van der Waals surface area contributed by atoms with E-state index in [1.807, 2.05) is 60.7 Å². The Labute approximate surface area is 123 Å². The fraction of sp³-hybridized carbons (Fsp3) is 0.118. The summed E-state index contributed by atoms with van der Waals surface area (Å²) >= 11 is 0. The van der Waals surface area contributed by atoms with Gasteiger partial charge in [-0.1, -0.05) is 60.7 Å². The van der Waals surface area contributed by atoms with Crippen LogP contribution in [0.5, 0.6) is 0 Å². The largest absolute Gasteiger partial charge is 0.710 e. The van der Waals surface area contributed by atoms with Crippen molar-refractivity contribution in [1.29, 1.82) is 0 Å². The summed E-state index contributed by atoms with van der Waals surface area (Å²) in [5, 5.41) is 21.6. The molecule has 0 saturated carbocycles. The van der Waals surface area contributed by atoms with Crippen molar-refractivity contribution in [2.24, 2.45) is 0 Å². The Bertz CT molecular complexity index is 721. The van der Waals surface area contributed by atoms with Crippen LogP contribution in [0.3, 0.4) is 0 Å². The van der Waals surface area contributed by atoms with Crippen molar-refractivity contribution in [3.05, 3.63) is 72.2 Å². The first kappa shape index (κ1) is 13.4. The molecule has 21 heavy (non-hydrogen) atoms. The van der Waals surface area contributed by atoms with Gasteiger partial charge in [-0.05, 0) is 0 Å². The molecule has 4 nitrogen and oxygen atoms in total. The summed E-state index contributed by atoms with van der Waals surface area (Å²) in [6, 6.07) is 19.3. The maximum absolute atomic E-state index is 12.3. The van der Waals surface area contributed by atoms with Gasteiger partial charge in [-0.15, -0.1) is 0 Å². The van der Waals surface area contributed by atoms with E-state index in [9.17, 15) is 10.3 Å². The highest BCUT2D eigenvalue weighted by atomic mass is 16.5. The molecule has 0 bridgehead atoms. The molecule has 0 amide bonds. The van der Waals surface area contributed by atoms with Gasteiger partial charge in [0.05, 0.1) is 6.61 Å². The van der Waals surface area contributed by atoms with Gasteiger partial charge in [0, 0.05) is 11.1 Å². The molecule has 0 aliphatic rings. The van der Waals surface area contributed by atoms with Crippen molar-refractivity contribution in [2.45, 2.75) is 6.54 Å². The summed E-state index contributed by atoms with van der Waals surface area (Å²) in [5.74, 6) is 0. The summed E-state index contributed by atoms with van der Waals surface area (Å²) in [7, 11) is 0. The number of rotatable bonds is 4. The smallest absolute Gasteiger partial charge is 0.247 e. The fourth-order valence-corrected chi connectivity index (χ4v) is 2.52. The van der Waals surface area contributed by atoms with Crippen LogP contribution in [0, 0.1) is 5.21 Å². The van der Waals surface area contributed by atoms with Gasteiger partial charge in [0.2, 0.25) is 6.33 Å². The molecular formula is C17H16N2O2. The maximum atomic E-state index is 12.3. The lowest BCUT2D eigenvalue weighted by Gasteiger charge is -2.06. The summed E-state index contributed by atoms with van der Waals surface area (Å²) < 4.78 is 2.66. The Balaban J connectivity index is 2.24. The number of hydrogen-bond donors (Lipinski definition) is 1. The maximum Gasteiger partial charge on any atom is 0.247 e. The van der Waals surface area contributed by atoms with E-state index in [4.69, 9.17) is 0 Å². The second kappa shape index (κ2) is 5.81. The van der Waals surface area contributed by atoms with Crippen LogP contribution in [0.25, 0.3) is 22.5 Å². The number of aromatic nitrogens is 2. The third kappa shape index (κ3) is 2.53. The van der Waals surface area contributed by atoms with E-state index in [-0.39, 0.29) is 6.61 Å². The van der Waals surface area contributed by atoms with Gasteiger partial charge < -0.3 is 10.3 Å². The van der Waals surface area contributed by atoms with E-state index < -0.39 is 0 Å². The van der Waals surface area contributed by atoms with E-state index >= 15 is 0 Å². The summed E-state index contributed by atoms with van der Waals surface area (Å²) in [4.78, 5) is 0. The molecule has 1 N–H and O–H groups in total. The predicted octanol–water partition coefficient (Wildman–Crippen LogP) is 2.45.